The van der Waals surface area contributed by atoms with E-state index in [4.69, 9.17) is 20.9 Å². The van der Waals surface area contributed by atoms with Crippen molar-refractivity contribution in [1.82, 2.24) is 20.0 Å². The van der Waals surface area contributed by atoms with Gasteiger partial charge in [-0.1, -0.05) is 35.0 Å². The standard InChI is InChI=1S/C22H26ClN5O3/c1-3-30-22(29)20-25-19(18-14(2)27-31-21(18)26-20)24-12-15-8-10-28(11-9-15)13-16-6-4-5-7-17(16)23/h4-7,15H,3,8-13H2,1-2H3,(H,24,25,26). The summed E-state index contributed by atoms with van der Waals surface area (Å²) >= 11 is 6.30. The highest BCUT2D eigenvalue weighted by molar-refractivity contribution is 6.31. The Morgan fingerprint density at radius 3 is 2.81 bits per heavy atom. The van der Waals surface area contributed by atoms with Crippen LogP contribution < -0.4 is 5.32 Å². The molecule has 1 aliphatic heterocycles. The molecular formula is C22H26ClN5O3. The molecule has 8 nitrogen and oxygen atoms in total. The fourth-order valence-corrected chi connectivity index (χ4v) is 4.06. The van der Waals surface area contributed by atoms with E-state index >= 15 is 0 Å². The molecule has 0 bridgehead atoms. The van der Waals surface area contributed by atoms with E-state index in [1.165, 1.54) is 5.56 Å². The van der Waals surface area contributed by atoms with Crippen LogP contribution in [0.4, 0.5) is 5.82 Å². The summed E-state index contributed by atoms with van der Waals surface area (Å²) in [6, 6.07) is 8.00. The number of piperidine rings is 1. The maximum absolute atomic E-state index is 12.1. The minimum Gasteiger partial charge on any atom is -0.460 e. The summed E-state index contributed by atoms with van der Waals surface area (Å²) < 4.78 is 10.3. The van der Waals surface area contributed by atoms with Crippen molar-refractivity contribution in [3.63, 3.8) is 0 Å². The van der Waals surface area contributed by atoms with E-state index in [9.17, 15) is 4.79 Å². The van der Waals surface area contributed by atoms with Crippen molar-refractivity contribution < 1.29 is 14.1 Å². The quantitative estimate of drug-likeness (QED) is 0.546. The van der Waals surface area contributed by atoms with Crippen LogP contribution in [0.2, 0.25) is 5.02 Å². The number of hydrogen-bond acceptors (Lipinski definition) is 8. The molecular weight excluding hydrogens is 418 g/mol. The van der Waals surface area contributed by atoms with Crippen molar-refractivity contribution in [1.29, 1.82) is 0 Å². The van der Waals surface area contributed by atoms with Crippen LogP contribution in [0.3, 0.4) is 0 Å². The third-order valence-corrected chi connectivity index (χ3v) is 5.95. The van der Waals surface area contributed by atoms with Gasteiger partial charge in [0.2, 0.25) is 5.82 Å². The number of likely N-dealkylation sites (tertiary alicyclic amines) is 1. The molecule has 0 amide bonds. The van der Waals surface area contributed by atoms with Gasteiger partial charge in [0.25, 0.3) is 5.71 Å². The van der Waals surface area contributed by atoms with Gasteiger partial charge in [-0.2, -0.15) is 4.98 Å². The van der Waals surface area contributed by atoms with Gasteiger partial charge >= 0.3 is 5.97 Å². The molecule has 9 heteroatoms. The lowest BCUT2D eigenvalue weighted by Crippen LogP contribution is -2.35. The first-order valence-electron chi connectivity index (χ1n) is 10.6. The first-order chi connectivity index (χ1) is 15.0. The van der Waals surface area contributed by atoms with Crippen LogP contribution in [0.5, 0.6) is 0 Å². The van der Waals surface area contributed by atoms with E-state index in [0.717, 1.165) is 44.0 Å². The number of ether oxygens (including phenoxy) is 1. The van der Waals surface area contributed by atoms with Gasteiger partial charge in [-0.15, -0.1) is 0 Å². The van der Waals surface area contributed by atoms with Crippen molar-refractivity contribution in [2.45, 2.75) is 33.2 Å². The summed E-state index contributed by atoms with van der Waals surface area (Å²) in [4.78, 5) is 23.1. The van der Waals surface area contributed by atoms with Crippen molar-refractivity contribution in [2.75, 3.05) is 31.6 Å². The number of esters is 1. The molecule has 2 aromatic heterocycles. The number of halogens is 1. The van der Waals surface area contributed by atoms with Crippen LogP contribution in [0.25, 0.3) is 11.1 Å². The molecule has 1 N–H and O–H groups in total. The summed E-state index contributed by atoms with van der Waals surface area (Å²) in [5.74, 6) is 0.459. The van der Waals surface area contributed by atoms with Crippen LogP contribution in [0.1, 0.15) is 41.6 Å². The second kappa shape index (κ2) is 9.62. The Morgan fingerprint density at radius 1 is 1.29 bits per heavy atom. The Labute approximate surface area is 185 Å². The summed E-state index contributed by atoms with van der Waals surface area (Å²) in [6.45, 7) is 7.47. The van der Waals surface area contributed by atoms with E-state index < -0.39 is 5.97 Å². The van der Waals surface area contributed by atoms with Gasteiger partial charge in [0.1, 0.15) is 11.2 Å². The van der Waals surface area contributed by atoms with Gasteiger partial charge < -0.3 is 14.6 Å². The van der Waals surface area contributed by atoms with Crippen molar-refractivity contribution in [3.8, 4) is 0 Å². The van der Waals surface area contributed by atoms with E-state index in [1.54, 1.807) is 6.92 Å². The molecule has 0 spiro atoms. The van der Waals surface area contributed by atoms with Crippen LogP contribution in [0.15, 0.2) is 28.8 Å². The predicted octanol–water partition coefficient (Wildman–Crippen LogP) is 4.08. The number of nitrogens with one attached hydrogen (secondary N) is 1. The third kappa shape index (κ3) is 4.97. The topological polar surface area (TPSA) is 93.4 Å². The van der Waals surface area contributed by atoms with Gasteiger partial charge in [-0.3, -0.25) is 4.90 Å². The molecule has 1 aromatic carbocycles. The van der Waals surface area contributed by atoms with E-state index in [2.05, 4.69) is 31.4 Å². The summed E-state index contributed by atoms with van der Waals surface area (Å²) in [7, 11) is 0. The minimum atomic E-state index is -0.575. The van der Waals surface area contributed by atoms with E-state index in [1.807, 2.05) is 25.1 Å². The number of fused-ring (bicyclic) bond motifs is 1. The molecule has 0 atom stereocenters. The van der Waals surface area contributed by atoms with Crippen LogP contribution in [0, 0.1) is 12.8 Å². The minimum absolute atomic E-state index is 0.0254. The molecule has 3 heterocycles. The third-order valence-electron chi connectivity index (χ3n) is 5.58. The normalized spacial score (nSPS) is 15.3. The summed E-state index contributed by atoms with van der Waals surface area (Å²) in [6.07, 6.45) is 2.14. The average molecular weight is 444 g/mol. The molecule has 0 aliphatic carbocycles. The Balaban J connectivity index is 1.39. The molecule has 3 aromatic rings. The zero-order valence-electron chi connectivity index (χ0n) is 17.7. The Kier molecular flexibility index (Phi) is 6.67. The van der Waals surface area contributed by atoms with Gasteiger partial charge in [0, 0.05) is 18.1 Å². The number of nitrogens with zero attached hydrogens (tertiary/aromatic N) is 4. The van der Waals surface area contributed by atoms with Crippen LogP contribution in [-0.4, -0.2) is 52.2 Å². The zero-order valence-corrected chi connectivity index (χ0v) is 18.5. The Bertz CT molecular complexity index is 1060. The monoisotopic (exact) mass is 443 g/mol. The lowest BCUT2D eigenvalue weighted by molar-refractivity contribution is 0.0512. The lowest BCUT2D eigenvalue weighted by Gasteiger charge is -2.32. The van der Waals surface area contributed by atoms with E-state index in [-0.39, 0.29) is 18.1 Å². The van der Waals surface area contributed by atoms with Crippen LogP contribution >= 0.6 is 11.6 Å². The average Bonchev–Trinajstić information content (AvgIpc) is 3.16. The zero-order chi connectivity index (χ0) is 21.8. The number of rotatable bonds is 7. The summed E-state index contributed by atoms with van der Waals surface area (Å²) in [5.41, 5.74) is 2.13. The van der Waals surface area contributed by atoms with E-state index in [0.29, 0.717) is 22.8 Å². The largest absolute Gasteiger partial charge is 0.460 e. The molecule has 1 saturated heterocycles. The molecule has 1 fully saturated rings. The molecule has 31 heavy (non-hydrogen) atoms. The Morgan fingerprint density at radius 2 is 2.06 bits per heavy atom. The highest BCUT2D eigenvalue weighted by Gasteiger charge is 2.23. The molecule has 4 rings (SSSR count). The maximum Gasteiger partial charge on any atom is 0.376 e. The Hall–Kier alpha value is -2.71. The van der Waals surface area contributed by atoms with Crippen molar-refractivity contribution in [3.05, 3.63) is 46.4 Å². The first-order valence-corrected chi connectivity index (χ1v) is 10.9. The fourth-order valence-electron chi connectivity index (χ4n) is 3.86. The molecule has 0 radical (unpaired) electrons. The fraction of sp³-hybridized carbons (Fsp3) is 0.455. The van der Waals surface area contributed by atoms with Gasteiger partial charge in [-0.25, -0.2) is 9.78 Å². The highest BCUT2D eigenvalue weighted by atomic mass is 35.5. The van der Waals surface area contributed by atoms with Crippen molar-refractivity contribution in [2.24, 2.45) is 5.92 Å². The summed E-state index contributed by atoms with van der Waals surface area (Å²) in [5, 5.41) is 8.88. The van der Waals surface area contributed by atoms with Crippen LogP contribution in [-0.2, 0) is 11.3 Å². The van der Waals surface area contributed by atoms with Gasteiger partial charge in [-0.05, 0) is 57.3 Å². The number of carbonyl (C=O) groups is 1. The molecule has 0 unspecified atom stereocenters. The number of benzene rings is 1. The number of carbonyl (C=O) groups excluding carboxylic acids is 1. The van der Waals surface area contributed by atoms with Gasteiger partial charge in [0.05, 0.1) is 12.3 Å². The van der Waals surface area contributed by atoms with Gasteiger partial charge in [0.15, 0.2) is 0 Å². The molecule has 0 saturated carbocycles. The smallest absolute Gasteiger partial charge is 0.376 e. The van der Waals surface area contributed by atoms with Crippen molar-refractivity contribution >= 4 is 34.5 Å². The molecule has 1 aliphatic rings. The maximum atomic E-state index is 12.1. The highest BCUT2D eigenvalue weighted by Crippen LogP contribution is 2.26. The number of aromatic nitrogens is 3. The number of anilines is 1. The predicted molar refractivity (Wildman–Crippen MR) is 118 cm³/mol. The number of aryl methyl sites for hydroxylation is 1. The second-order valence-electron chi connectivity index (χ2n) is 7.76. The number of hydrogen-bond donors (Lipinski definition) is 1. The second-order valence-corrected chi connectivity index (χ2v) is 8.16. The SMILES string of the molecule is CCOC(=O)c1nc(NCC2CCN(Cc3ccccc3Cl)CC2)c2c(C)noc2n1. The lowest BCUT2D eigenvalue weighted by atomic mass is 9.96. The molecule has 164 valence electrons. The first kappa shape index (κ1) is 21.5.